The van der Waals surface area contributed by atoms with Crippen LogP contribution in [-0.2, 0) is 6.42 Å². The molecule has 80 valence electrons. The lowest BCUT2D eigenvalue weighted by atomic mass is 10.0. The number of pyridine rings is 2. The van der Waals surface area contributed by atoms with Crippen LogP contribution >= 0.6 is 0 Å². The third kappa shape index (κ3) is 1.51. The monoisotopic (exact) mass is 219 g/mol. The third-order valence-electron chi connectivity index (χ3n) is 2.82. The summed E-state index contributed by atoms with van der Waals surface area (Å²) in [4.78, 5) is 8.75. The van der Waals surface area contributed by atoms with Crippen LogP contribution in [0.25, 0.3) is 21.8 Å². The van der Waals surface area contributed by atoms with Gasteiger partial charge in [0.1, 0.15) is 0 Å². The van der Waals surface area contributed by atoms with Gasteiger partial charge < -0.3 is 0 Å². The molecule has 0 N–H and O–H groups in total. The second kappa shape index (κ2) is 3.84. The SMILES string of the molecule is N#CCc1cc2cccnc2c2ncccc12. The van der Waals surface area contributed by atoms with Gasteiger partial charge in [-0.3, -0.25) is 9.97 Å². The quantitative estimate of drug-likeness (QED) is 0.591. The summed E-state index contributed by atoms with van der Waals surface area (Å²) in [7, 11) is 0. The summed E-state index contributed by atoms with van der Waals surface area (Å²) in [5.41, 5.74) is 2.77. The normalized spacial score (nSPS) is 10.5. The molecule has 3 nitrogen and oxygen atoms in total. The molecule has 1 aromatic carbocycles. The van der Waals surface area contributed by atoms with Gasteiger partial charge in [0.25, 0.3) is 0 Å². The first kappa shape index (κ1) is 9.73. The van der Waals surface area contributed by atoms with Gasteiger partial charge in [-0.15, -0.1) is 0 Å². The van der Waals surface area contributed by atoms with Crippen LogP contribution in [0.3, 0.4) is 0 Å². The fourth-order valence-corrected chi connectivity index (χ4v) is 2.08. The van der Waals surface area contributed by atoms with Gasteiger partial charge in [0.15, 0.2) is 0 Å². The molecular weight excluding hydrogens is 210 g/mol. The van der Waals surface area contributed by atoms with Crippen molar-refractivity contribution in [3.05, 3.63) is 48.3 Å². The Morgan fingerprint density at radius 1 is 1.06 bits per heavy atom. The van der Waals surface area contributed by atoms with Crippen LogP contribution in [0.2, 0.25) is 0 Å². The van der Waals surface area contributed by atoms with E-state index in [1.807, 2.05) is 30.3 Å². The van der Waals surface area contributed by atoms with E-state index in [4.69, 9.17) is 5.26 Å². The summed E-state index contributed by atoms with van der Waals surface area (Å²) >= 11 is 0. The fourth-order valence-electron chi connectivity index (χ4n) is 2.08. The molecule has 17 heavy (non-hydrogen) atoms. The number of rotatable bonds is 1. The minimum Gasteiger partial charge on any atom is -0.254 e. The van der Waals surface area contributed by atoms with Crippen molar-refractivity contribution in [2.75, 3.05) is 0 Å². The van der Waals surface area contributed by atoms with Gasteiger partial charge in [0.2, 0.25) is 0 Å². The molecule has 0 atom stereocenters. The maximum Gasteiger partial charge on any atom is 0.0967 e. The highest BCUT2D eigenvalue weighted by Gasteiger charge is 2.07. The second-order valence-corrected chi connectivity index (χ2v) is 3.85. The number of fused-ring (bicyclic) bond motifs is 3. The lowest BCUT2D eigenvalue weighted by Gasteiger charge is -2.06. The molecule has 0 saturated heterocycles. The van der Waals surface area contributed by atoms with Crippen LogP contribution in [0.4, 0.5) is 0 Å². The molecule has 0 aliphatic rings. The van der Waals surface area contributed by atoms with Crippen molar-refractivity contribution >= 4 is 21.8 Å². The van der Waals surface area contributed by atoms with Crippen LogP contribution in [0.5, 0.6) is 0 Å². The van der Waals surface area contributed by atoms with Crippen molar-refractivity contribution in [2.24, 2.45) is 0 Å². The predicted octanol–water partition coefficient (Wildman–Crippen LogP) is 2.85. The Kier molecular flexibility index (Phi) is 2.20. The molecule has 0 fully saturated rings. The van der Waals surface area contributed by atoms with Gasteiger partial charge in [-0.05, 0) is 23.8 Å². The standard InChI is InChI=1S/C14H9N3/c15-6-5-10-9-11-3-1-7-16-13(11)14-12(10)4-2-8-17-14/h1-4,7-9H,5H2. The summed E-state index contributed by atoms with van der Waals surface area (Å²) in [6.45, 7) is 0. The summed E-state index contributed by atoms with van der Waals surface area (Å²) in [5, 5.41) is 10.9. The van der Waals surface area contributed by atoms with Gasteiger partial charge in [0.05, 0.1) is 23.5 Å². The highest BCUT2D eigenvalue weighted by molar-refractivity contribution is 6.04. The van der Waals surface area contributed by atoms with E-state index in [2.05, 4.69) is 16.0 Å². The first-order chi connectivity index (χ1) is 8.40. The summed E-state index contributed by atoms with van der Waals surface area (Å²) in [6, 6.07) is 12.0. The van der Waals surface area contributed by atoms with E-state index in [9.17, 15) is 0 Å². The number of hydrogen-bond acceptors (Lipinski definition) is 3. The zero-order valence-electron chi connectivity index (χ0n) is 9.09. The number of aromatic nitrogens is 2. The van der Waals surface area contributed by atoms with Crippen LogP contribution in [0, 0.1) is 11.3 Å². The van der Waals surface area contributed by atoms with Crippen LogP contribution in [0.15, 0.2) is 42.7 Å². The predicted molar refractivity (Wildman–Crippen MR) is 66.4 cm³/mol. The van der Waals surface area contributed by atoms with Crippen molar-refractivity contribution in [1.29, 1.82) is 5.26 Å². The molecule has 0 amide bonds. The summed E-state index contributed by atoms with van der Waals surface area (Å²) in [6.07, 6.45) is 3.92. The van der Waals surface area contributed by atoms with Gasteiger partial charge in [-0.1, -0.05) is 12.1 Å². The molecule has 0 spiro atoms. The first-order valence-electron chi connectivity index (χ1n) is 5.38. The Labute approximate surface area is 98.4 Å². The molecule has 0 saturated carbocycles. The maximum atomic E-state index is 8.87. The Balaban J connectivity index is 2.51. The van der Waals surface area contributed by atoms with Crippen molar-refractivity contribution in [1.82, 2.24) is 9.97 Å². The van der Waals surface area contributed by atoms with E-state index in [-0.39, 0.29) is 0 Å². The van der Waals surface area contributed by atoms with Crippen LogP contribution in [0.1, 0.15) is 5.56 Å². The van der Waals surface area contributed by atoms with Crippen LogP contribution in [-0.4, -0.2) is 9.97 Å². The van der Waals surface area contributed by atoms with E-state index in [0.717, 1.165) is 27.4 Å². The molecule has 0 bridgehead atoms. The van der Waals surface area contributed by atoms with E-state index < -0.39 is 0 Å². The average Bonchev–Trinajstić information content (AvgIpc) is 2.39. The molecule has 0 aliphatic carbocycles. The van der Waals surface area contributed by atoms with Gasteiger partial charge >= 0.3 is 0 Å². The molecule has 3 aromatic rings. The molecule has 2 aromatic heterocycles. The summed E-state index contributed by atoms with van der Waals surface area (Å²) < 4.78 is 0. The Morgan fingerprint density at radius 3 is 2.65 bits per heavy atom. The van der Waals surface area contributed by atoms with Gasteiger partial charge in [-0.25, -0.2) is 0 Å². The van der Waals surface area contributed by atoms with Gasteiger partial charge in [0, 0.05) is 23.2 Å². The zero-order chi connectivity index (χ0) is 11.7. The topological polar surface area (TPSA) is 49.6 Å². The number of nitriles is 1. The number of benzene rings is 1. The average molecular weight is 219 g/mol. The molecule has 3 heteroatoms. The molecule has 0 radical (unpaired) electrons. The molecule has 3 rings (SSSR count). The fraction of sp³-hybridized carbons (Fsp3) is 0.0714. The third-order valence-corrected chi connectivity index (χ3v) is 2.82. The van der Waals surface area contributed by atoms with Crippen molar-refractivity contribution in [3.63, 3.8) is 0 Å². The first-order valence-corrected chi connectivity index (χ1v) is 5.38. The van der Waals surface area contributed by atoms with E-state index >= 15 is 0 Å². The van der Waals surface area contributed by atoms with Crippen LogP contribution < -0.4 is 0 Å². The Bertz CT molecular complexity index is 741. The second-order valence-electron chi connectivity index (χ2n) is 3.85. The zero-order valence-corrected chi connectivity index (χ0v) is 9.09. The summed E-state index contributed by atoms with van der Waals surface area (Å²) in [5.74, 6) is 0. The molecule has 0 unspecified atom stereocenters. The Morgan fingerprint density at radius 2 is 1.82 bits per heavy atom. The van der Waals surface area contributed by atoms with E-state index in [1.165, 1.54) is 0 Å². The smallest absolute Gasteiger partial charge is 0.0967 e. The largest absolute Gasteiger partial charge is 0.254 e. The molecule has 0 aliphatic heterocycles. The number of hydrogen-bond donors (Lipinski definition) is 0. The van der Waals surface area contributed by atoms with E-state index in [1.54, 1.807) is 12.4 Å². The lowest BCUT2D eigenvalue weighted by molar-refractivity contribution is 1.28. The van der Waals surface area contributed by atoms with Crippen molar-refractivity contribution in [2.45, 2.75) is 6.42 Å². The maximum absolute atomic E-state index is 8.87. The number of nitrogens with zero attached hydrogens (tertiary/aromatic N) is 3. The minimum atomic E-state index is 0.396. The van der Waals surface area contributed by atoms with Crippen molar-refractivity contribution in [3.8, 4) is 6.07 Å². The van der Waals surface area contributed by atoms with Gasteiger partial charge in [-0.2, -0.15) is 5.26 Å². The van der Waals surface area contributed by atoms with Crippen molar-refractivity contribution < 1.29 is 0 Å². The molecular formula is C14H9N3. The molecule has 2 heterocycles. The highest BCUT2D eigenvalue weighted by Crippen LogP contribution is 2.25. The highest BCUT2D eigenvalue weighted by atomic mass is 14.7. The van der Waals surface area contributed by atoms with E-state index in [0.29, 0.717) is 6.42 Å². The lowest BCUT2D eigenvalue weighted by Crippen LogP contribution is -1.90. The Hall–Kier alpha value is -2.47. The minimum absolute atomic E-state index is 0.396.